The molecule has 0 amide bonds. The molecule has 0 fully saturated rings. The molecule has 0 saturated heterocycles. The van der Waals surface area contributed by atoms with Crippen LogP contribution in [0.3, 0.4) is 0 Å². The Morgan fingerprint density at radius 1 is 1.28 bits per heavy atom. The van der Waals surface area contributed by atoms with Gasteiger partial charge in [0.25, 0.3) is 0 Å². The Hall–Kier alpha value is -0.680. The minimum atomic E-state index is 0.179. The lowest BCUT2D eigenvalue weighted by Crippen LogP contribution is -2.24. The molecule has 0 aliphatic carbocycles. The van der Waals surface area contributed by atoms with E-state index in [0.717, 1.165) is 15.8 Å². The second-order valence-electron chi connectivity index (χ2n) is 4.21. The van der Waals surface area contributed by atoms with Gasteiger partial charge in [-0.05, 0) is 38.2 Å². The molecule has 0 N–H and O–H groups in total. The predicted octanol–water partition coefficient (Wildman–Crippen LogP) is 4.09. The van der Waals surface area contributed by atoms with Gasteiger partial charge in [-0.15, -0.1) is 22.7 Å². The molecule has 2 heterocycles. The Labute approximate surface area is 120 Å². The summed E-state index contributed by atoms with van der Waals surface area (Å²) >= 11 is 8.99. The average Bonchev–Trinajstić information content (AvgIpc) is 2.87. The van der Waals surface area contributed by atoms with Crippen LogP contribution >= 0.6 is 34.3 Å². The maximum absolute atomic E-state index is 12.0. The van der Waals surface area contributed by atoms with Crippen molar-refractivity contribution in [2.24, 2.45) is 0 Å². The summed E-state index contributed by atoms with van der Waals surface area (Å²) in [6.45, 7) is 3.21. The number of halogens is 1. The number of ketones is 1. The van der Waals surface area contributed by atoms with Crippen LogP contribution in [0.15, 0.2) is 24.3 Å². The van der Waals surface area contributed by atoms with Crippen LogP contribution in [0.4, 0.5) is 0 Å². The Morgan fingerprint density at radius 2 is 2.06 bits per heavy atom. The third-order valence-corrected chi connectivity index (χ3v) is 4.74. The summed E-state index contributed by atoms with van der Waals surface area (Å²) in [5, 5.41) is 0. The van der Waals surface area contributed by atoms with Crippen LogP contribution in [-0.2, 0) is 6.54 Å². The highest BCUT2D eigenvalue weighted by Crippen LogP contribution is 2.22. The van der Waals surface area contributed by atoms with E-state index in [-0.39, 0.29) is 5.78 Å². The van der Waals surface area contributed by atoms with E-state index in [1.165, 1.54) is 9.75 Å². The predicted molar refractivity (Wildman–Crippen MR) is 79.0 cm³/mol. The number of carbonyl (C=O) groups excluding carboxylic acids is 1. The van der Waals surface area contributed by atoms with E-state index in [1.54, 1.807) is 22.7 Å². The molecule has 0 unspecified atom stereocenters. The van der Waals surface area contributed by atoms with Gasteiger partial charge in [0, 0.05) is 16.3 Å². The first kappa shape index (κ1) is 13.7. The topological polar surface area (TPSA) is 20.3 Å². The minimum Gasteiger partial charge on any atom is -0.294 e. The SMILES string of the molecule is Cc1ccc(C(=O)CN(C)Cc2ccc(Cl)s2)s1. The quantitative estimate of drug-likeness (QED) is 0.775. The number of hydrogen-bond acceptors (Lipinski definition) is 4. The van der Waals surface area contributed by atoms with E-state index in [1.807, 2.05) is 43.1 Å². The monoisotopic (exact) mass is 299 g/mol. The molecule has 2 aromatic heterocycles. The van der Waals surface area contributed by atoms with Gasteiger partial charge < -0.3 is 0 Å². The van der Waals surface area contributed by atoms with Crippen molar-refractivity contribution in [1.82, 2.24) is 4.90 Å². The fraction of sp³-hybridized carbons (Fsp3) is 0.308. The molecule has 0 radical (unpaired) electrons. The standard InChI is InChI=1S/C13H14ClNOS2/c1-9-3-5-12(17-9)11(16)8-15(2)7-10-4-6-13(14)18-10/h3-6H,7-8H2,1-2H3. The van der Waals surface area contributed by atoms with E-state index < -0.39 is 0 Å². The highest BCUT2D eigenvalue weighted by molar-refractivity contribution is 7.16. The van der Waals surface area contributed by atoms with Crippen LogP contribution in [-0.4, -0.2) is 24.3 Å². The van der Waals surface area contributed by atoms with Crippen molar-refractivity contribution in [2.75, 3.05) is 13.6 Å². The first-order valence-corrected chi connectivity index (χ1v) is 7.58. The summed E-state index contributed by atoms with van der Waals surface area (Å²) in [6.07, 6.45) is 0. The summed E-state index contributed by atoms with van der Waals surface area (Å²) in [5.74, 6) is 0.179. The number of likely N-dealkylation sites (N-methyl/N-ethyl adjacent to an activating group) is 1. The van der Waals surface area contributed by atoms with Gasteiger partial charge in [0.15, 0.2) is 5.78 Å². The third kappa shape index (κ3) is 3.65. The van der Waals surface area contributed by atoms with E-state index in [0.29, 0.717) is 6.54 Å². The first-order chi connectivity index (χ1) is 8.54. The fourth-order valence-electron chi connectivity index (χ4n) is 1.67. The average molecular weight is 300 g/mol. The second-order valence-corrected chi connectivity index (χ2v) is 7.30. The minimum absolute atomic E-state index is 0.179. The molecule has 18 heavy (non-hydrogen) atoms. The van der Waals surface area contributed by atoms with Gasteiger partial charge in [-0.25, -0.2) is 0 Å². The van der Waals surface area contributed by atoms with Gasteiger partial charge in [0.2, 0.25) is 0 Å². The number of rotatable bonds is 5. The van der Waals surface area contributed by atoms with Gasteiger partial charge in [-0.3, -0.25) is 9.69 Å². The molecular weight excluding hydrogens is 286 g/mol. The summed E-state index contributed by atoms with van der Waals surface area (Å²) in [7, 11) is 1.95. The second kappa shape index (κ2) is 5.97. The van der Waals surface area contributed by atoms with Crippen molar-refractivity contribution < 1.29 is 4.79 Å². The molecule has 0 spiro atoms. The summed E-state index contributed by atoms with van der Waals surface area (Å²) in [5.41, 5.74) is 0. The zero-order chi connectivity index (χ0) is 13.1. The van der Waals surface area contributed by atoms with E-state index in [2.05, 4.69) is 0 Å². The van der Waals surface area contributed by atoms with Gasteiger partial charge in [-0.2, -0.15) is 0 Å². The number of hydrogen-bond donors (Lipinski definition) is 0. The van der Waals surface area contributed by atoms with Gasteiger partial charge in [-0.1, -0.05) is 11.6 Å². The molecule has 2 nitrogen and oxygen atoms in total. The molecular formula is C13H14ClNOS2. The number of thiophene rings is 2. The van der Waals surface area contributed by atoms with Crippen LogP contribution in [0, 0.1) is 6.92 Å². The smallest absolute Gasteiger partial charge is 0.186 e. The molecule has 0 atom stereocenters. The van der Waals surface area contributed by atoms with Crippen molar-refractivity contribution in [3.8, 4) is 0 Å². The van der Waals surface area contributed by atoms with E-state index >= 15 is 0 Å². The Kier molecular flexibility index (Phi) is 4.56. The van der Waals surface area contributed by atoms with Crippen LogP contribution < -0.4 is 0 Å². The maximum atomic E-state index is 12.0. The molecule has 0 aromatic carbocycles. The highest BCUT2D eigenvalue weighted by Gasteiger charge is 2.12. The number of aryl methyl sites for hydroxylation is 1. The molecule has 0 aliphatic rings. The molecule has 0 bridgehead atoms. The lowest BCUT2D eigenvalue weighted by molar-refractivity contribution is 0.0947. The Bertz CT molecular complexity index is 547. The molecule has 5 heteroatoms. The Balaban J connectivity index is 1.91. The number of Topliss-reactive ketones (excluding diaryl/α,β-unsaturated/α-hetero) is 1. The summed E-state index contributed by atoms with van der Waals surface area (Å²) in [4.78, 5) is 17.2. The lowest BCUT2D eigenvalue weighted by Gasteiger charge is -2.13. The molecule has 0 saturated carbocycles. The van der Waals surface area contributed by atoms with Crippen molar-refractivity contribution >= 4 is 40.1 Å². The van der Waals surface area contributed by atoms with Gasteiger partial charge in [0.1, 0.15) is 0 Å². The summed E-state index contributed by atoms with van der Waals surface area (Å²) in [6, 6.07) is 7.78. The fourth-order valence-corrected chi connectivity index (χ4v) is 3.63. The zero-order valence-corrected chi connectivity index (χ0v) is 12.7. The van der Waals surface area contributed by atoms with Crippen molar-refractivity contribution in [3.63, 3.8) is 0 Å². The van der Waals surface area contributed by atoms with Crippen LogP contribution in [0.25, 0.3) is 0 Å². The highest BCUT2D eigenvalue weighted by atomic mass is 35.5. The van der Waals surface area contributed by atoms with Crippen molar-refractivity contribution in [1.29, 1.82) is 0 Å². The molecule has 2 aromatic rings. The van der Waals surface area contributed by atoms with Crippen molar-refractivity contribution in [3.05, 3.63) is 43.2 Å². The third-order valence-electron chi connectivity index (χ3n) is 2.48. The van der Waals surface area contributed by atoms with Crippen LogP contribution in [0.2, 0.25) is 4.34 Å². The first-order valence-electron chi connectivity index (χ1n) is 5.57. The molecule has 0 aliphatic heterocycles. The molecule has 96 valence electrons. The van der Waals surface area contributed by atoms with Gasteiger partial charge >= 0.3 is 0 Å². The van der Waals surface area contributed by atoms with Crippen LogP contribution in [0.1, 0.15) is 19.4 Å². The zero-order valence-electron chi connectivity index (χ0n) is 10.3. The van der Waals surface area contributed by atoms with E-state index in [9.17, 15) is 4.79 Å². The number of carbonyl (C=O) groups is 1. The van der Waals surface area contributed by atoms with E-state index in [4.69, 9.17) is 11.6 Å². The normalized spacial score (nSPS) is 11.1. The molecule has 2 rings (SSSR count). The largest absolute Gasteiger partial charge is 0.294 e. The maximum Gasteiger partial charge on any atom is 0.186 e. The Morgan fingerprint density at radius 3 is 2.61 bits per heavy atom. The van der Waals surface area contributed by atoms with Gasteiger partial charge in [0.05, 0.1) is 15.8 Å². The lowest BCUT2D eigenvalue weighted by atomic mass is 10.3. The van der Waals surface area contributed by atoms with Crippen molar-refractivity contribution in [2.45, 2.75) is 13.5 Å². The summed E-state index contributed by atoms with van der Waals surface area (Å²) < 4.78 is 0.790. The van der Waals surface area contributed by atoms with Crippen LogP contribution in [0.5, 0.6) is 0 Å². The number of nitrogens with zero attached hydrogens (tertiary/aromatic N) is 1.